The molecule has 0 amide bonds. The minimum Gasteiger partial charge on any atom is -0.495 e. The first-order valence-electron chi connectivity index (χ1n) is 6.33. The highest BCUT2D eigenvalue weighted by Crippen LogP contribution is 2.42. The molecule has 0 radical (unpaired) electrons. The molecule has 0 bridgehead atoms. The standard InChI is InChI=1S/C14H20ClNO/c1-3-8-16-14(10-4-5-10)11-6-7-13(17-2)12(15)9-11/h6-7,9-10,14,16H,3-5,8H2,1-2H3. The van der Waals surface area contributed by atoms with Crippen LogP contribution in [0.15, 0.2) is 18.2 Å². The van der Waals surface area contributed by atoms with Gasteiger partial charge in [0.15, 0.2) is 0 Å². The van der Waals surface area contributed by atoms with E-state index in [2.05, 4.69) is 18.3 Å². The first kappa shape index (κ1) is 12.7. The van der Waals surface area contributed by atoms with Crippen molar-refractivity contribution in [3.63, 3.8) is 0 Å². The van der Waals surface area contributed by atoms with Gasteiger partial charge in [0.2, 0.25) is 0 Å². The summed E-state index contributed by atoms with van der Waals surface area (Å²) >= 11 is 6.18. The second-order valence-electron chi connectivity index (χ2n) is 4.66. The maximum absolute atomic E-state index is 6.18. The molecule has 0 aliphatic heterocycles. The molecule has 1 aromatic rings. The molecule has 1 N–H and O–H groups in total. The van der Waals surface area contributed by atoms with Gasteiger partial charge in [0.05, 0.1) is 12.1 Å². The van der Waals surface area contributed by atoms with Gasteiger partial charge < -0.3 is 10.1 Å². The van der Waals surface area contributed by atoms with E-state index < -0.39 is 0 Å². The van der Waals surface area contributed by atoms with Crippen molar-refractivity contribution in [2.24, 2.45) is 5.92 Å². The Morgan fingerprint density at radius 2 is 2.24 bits per heavy atom. The molecule has 0 heterocycles. The molecular weight excluding hydrogens is 234 g/mol. The molecule has 94 valence electrons. The molecule has 0 saturated heterocycles. The van der Waals surface area contributed by atoms with E-state index in [1.807, 2.05) is 12.1 Å². The van der Waals surface area contributed by atoms with Crippen LogP contribution >= 0.6 is 11.6 Å². The third-order valence-electron chi connectivity index (χ3n) is 3.24. The average molecular weight is 254 g/mol. The fourth-order valence-electron chi connectivity index (χ4n) is 2.16. The summed E-state index contributed by atoms with van der Waals surface area (Å²) in [6.07, 6.45) is 3.81. The fraction of sp³-hybridized carbons (Fsp3) is 0.571. The zero-order chi connectivity index (χ0) is 12.3. The number of ether oxygens (including phenoxy) is 1. The SMILES string of the molecule is CCCNC(c1ccc(OC)c(Cl)c1)C1CC1. The van der Waals surface area contributed by atoms with Gasteiger partial charge in [0, 0.05) is 6.04 Å². The number of halogens is 1. The van der Waals surface area contributed by atoms with Crippen LogP contribution in [0, 0.1) is 5.92 Å². The molecule has 1 saturated carbocycles. The normalized spacial score (nSPS) is 16.9. The lowest BCUT2D eigenvalue weighted by molar-refractivity contribution is 0.414. The van der Waals surface area contributed by atoms with Gasteiger partial charge in [0.25, 0.3) is 0 Å². The van der Waals surface area contributed by atoms with Gasteiger partial charge >= 0.3 is 0 Å². The van der Waals surface area contributed by atoms with Gasteiger partial charge in [-0.3, -0.25) is 0 Å². The Morgan fingerprint density at radius 3 is 2.76 bits per heavy atom. The van der Waals surface area contributed by atoms with E-state index in [1.54, 1.807) is 7.11 Å². The number of hydrogen-bond donors (Lipinski definition) is 1. The van der Waals surface area contributed by atoms with Gasteiger partial charge in [-0.2, -0.15) is 0 Å². The molecule has 3 heteroatoms. The number of nitrogens with one attached hydrogen (secondary N) is 1. The summed E-state index contributed by atoms with van der Waals surface area (Å²) < 4.78 is 5.18. The van der Waals surface area contributed by atoms with E-state index >= 15 is 0 Å². The smallest absolute Gasteiger partial charge is 0.137 e. The zero-order valence-electron chi connectivity index (χ0n) is 10.5. The second-order valence-corrected chi connectivity index (χ2v) is 5.07. The van der Waals surface area contributed by atoms with Gasteiger partial charge in [-0.15, -0.1) is 0 Å². The molecule has 1 unspecified atom stereocenters. The summed E-state index contributed by atoms with van der Waals surface area (Å²) in [5, 5.41) is 4.32. The molecule has 0 spiro atoms. The Kier molecular flexibility index (Phi) is 4.30. The molecule has 1 fully saturated rings. The number of rotatable bonds is 6. The third-order valence-corrected chi connectivity index (χ3v) is 3.54. The molecule has 2 nitrogen and oxygen atoms in total. The van der Waals surface area contributed by atoms with Crippen LogP contribution in [0.25, 0.3) is 0 Å². The lowest BCUT2D eigenvalue weighted by atomic mass is 10.0. The highest BCUT2D eigenvalue weighted by molar-refractivity contribution is 6.32. The maximum Gasteiger partial charge on any atom is 0.137 e. The average Bonchev–Trinajstić information content (AvgIpc) is 3.14. The van der Waals surface area contributed by atoms with Gasteiger partial charge in [-0.05, 0) is 49.4 Å². The first-order valence-corrected chi connectivity index (χ1v) is 6.71. The summed E-state index contributed by atoms with van der Waals surface area (Å²) in [6, 6.07) is 6.57. The third kappa shape index (κ3) is 3.14. The highest BCUT2D eigenvalue weighted by Gasteiger charge is 2.32. The molecule has 1 aliphatic rings. The monoisotopic (exact) mass is 253 g/mol. The molecular formula is C14H20ClNO. The van der Waals surface area contributed by atoms with E-state index in [-0.39, 0.29) is 0 Å². The summed E-state index contributed by atoms with van der Waals surface area (Å²) in [4.78, 5) is 0. The minimum absolute atomic E-state index is 0.457. The fourth-order valence-corrected chi connectivity index (χ4v) is 2.43. The minimum atomic E-state index is 0.457. The summed E-state index contributed by atoms with van der Waals surface area (Å²) in [7, 11) is 1.65. The van der Waals surface area contributed by atoms with Crippen LogP contribution < -0.4 is 10.1 Å². The van der Waals surface area contributed by atoms with Crippen molar-refractivity contribution in [2.75, 3.05) is 13.7 Å². The summed E-state index contributed by atoms with van der Waals surface area (Å²) in [5.74, 6) is 1.53. The van der Waals surface area contributed by atoms with E-state index in [9.17, 15) is 0 Å². The number of methoxy groups -OCH3 is 1. The van der Waals surface area contributed by atoms with Crippen molar-refractivity contribution in [3.8, 4) is 5.75 Å². The van der Waals surface area contributed by atoms with Crippen LogP contribution in [-0.4, -0.2) is 13.7 Å². The topological polar surface area (TPSA) is 21.3 Å². The van der Waals surface area contributed by atoms with Crippen LogP contribution in [0.4, 0.5) is 0 Å². The van der Waals surface area contributed by atoms with Crippen molar-refractivity contribution in [2.45, 2.75) is 32.2 Å². The van der Waals surface area contributed by atoms with Crippen molar-refractivity contribution in [3.05, 3.63) is 28.8 Å². The predicted molar refractivity (Wildman–Crippen MR) is 71.8 cm³/mol. The van der Waals surface area contributed by atoms with E-state index in [0.29, 0.717) is 11.1 Å². The second kappa shape index (κ2) is 5.74. The molecule has 2 rings (SSSR count). The Morgan fingerprint density at radius 1 is 1.47 bits per heavy atom. The Balaban J connectivity index is 2.14. The van der Waals surface area contributed by atoms with E-state index in [0.717, 1.165) is 24.6 Å². The van der Waals surface area contributed by atoms with Gasteiger partial charge in [-0.25, -0.2) is 0 Å². The largest absolute Gasteiger partial charge is 0.495 e. The molecule has 1 aliphatic carbocycles. The van der Waals surface area contributed by atoms with E-state index in [1.165, 1.54) is 18.4 Å². The van der Waals surface area contributed by atoms with Crippen LogP contribution in [-0.2, 0) is 0 Å². The van der Waals surface area contributed by atoms with E-state index in [4.69, 9.17) is 16.3 Å². The van der Waals surface area contributed by atoms with Gasteiger partial charge in [-0.1, -0.05) is 24.6 Å². The molecule has 1 atom stereocenters. The van der Waals surface area contributed by atoms with Crippen LogP contribution in [0.3, 0.4) is 0 Å². The maximum atomic E-state index is 6.18. The Hall–Kier alpha value is -0.730. The van der Waals surface area contributed by atoms with Crippen molar-refractivity contribution >= 4 is 11.6 Å². The van der Waals surface area contributed by atoms with Gasteiger partial charge in [0.1, 0.15) is 5.75 Å². The van der Waals surface area contributed by atoms with Crippen molar-refractivity contribution in [1.82, 2.24) is 5.32 Å². The van der Waals surface area contributed by atoms with Crippen LogP contribution in [0.5, 0.6) is 5.75 Å². The van der Waals surface area contributed by atoms with Crippen molar-refractivity contribution in [1.29, 1.82) is 0 Å². The Bertz CT molecular complexity index is 376. The predicted octanol–water partition coefficient (Wildman–Crippen LogP) is 3.80. The summed E-state index contributed by atoms with van der Waals surface area (Å²) in [5.41, 5.74) is 1.28. The lowest BCUT2D eigenvalue weighted by Gasteiger charge is -2.19. The lowest BCUT2D eigenvalue weighted by Crippen LogP contribution is -2.23. The zero-order valence-corrected chi connectivity index (χ0v) is 11.3. The Labute approximate surface area is 108 Å². The van der Waals surface area contributed by atoms with Crippen LogP contribution in [0.1, 0.15) is 37.8 Å². The molecule has 17 heavy (non-hydrogen) atoms. The quantitative estimate of drug-likeness (QED) is 0.833. The molecule has 1 aromatic carbocycles. The number of hydrogen-bond acceptors (Lipinski definition) is 2. The number of benzene rings is 1. The van der Waals surface area contributed by atoms with Crippen LogP contribution in [0.2, 0.25) is 5.02 Å². The summed E-state index contributed by atoms with van der Waals surface area (Å²) in [6.45, 7) is 3.25. The highest BCUT2D eigenvalue weighted by atomic mass is 35.5. The molecule has 0 aromatic heterocycles. The van der Waals surface area contributed by atoms with Crippen molar-refractivity contribution < 1.29 is 4.74 Å². The first-order chi connectivity index (χ1) is 8.26.